The lowest BCUT2D eigenvalue weighted by atomic mass is 10.0. The maximum atomic E-state index is 12.0. The first kappa shape index (κ1) is 22.6. The number of thiazole rings is 1. The molecule has 31 heavy (non-hydrogen) atoms. The minimum absolute atomic E-state index is 0.231. The van der Waals surface area contributed by atoms with E-state index >= 15 is 0 Å². The van der Waals surface area contributed by atoms with Crippen LogP contribution in [-0.2, 0) is 28.9 Å². The second-order valence-corrected chi connectivity index (χ2v) is 8.55. The van der Waals surface area contributed by atoms with Crippen LogP contribution in [0.25, 0.3) is 0 Å². The van der Waals surface area contributed by atoms with E-state index in [0.717, 1.165) is 26.8 Å². The molecule has 1 aromatic heterocycles. The summed E-state index contributed by atoms with van der Waals surface area (Å²) in [6.07, 6.45) is 1.21. The topological polar surface area (TPSA) is 123 Å². The summed E-state index contributed by atoms with van der Waals surface area (Å²) in [5.74, 6) is -1.26. The highest BCUT2D eigenvalue weighted by Gasteiger charge is 2.19. The Morgan fingerprint density at radius 2 is 1.81 bits per heavy atom. The average molecular weight is 459 g/mol. The molecule has 0 bridgehead atoms. The van der Waals surface area contributed by atoms with Gasteiger partial charge in [-0.2, -0.15) is 0 Å². The smallest absolute Gasteiger partial charge is 0.335 e. The van der Waals surface area contributed by atoms with Crippen molar-refractivity contribution in [3.63, 3.8) is 0 Å². The van der Waals surface area contributed by atoms with Crippen molar-refractivity contribution in [3.05, 3.63) is 70.9 Å². The highest BCUT2D eigenvalue weighted by Crippen LogP contribution is 2.37. The SMILES string of the molecule is CC(=O)Nc1nc(C)c(N(c2cccc(CCc3cccc(C(=O)O)c3)c2)S(=O)[O-])s1. The molecule has 1 atom stereocenters. The van der Waals surface area contributed by atoms with E-state index in [1.807, 2.05) is 12.1 Å². The Hall–Kier alpha value is -3.08. The Bertz CT molecular complexity index is 1150. The number of hydrogen-bond acceptors (Lipinski definition) is 6. The second kappa shape index (κ2) is 9.82. The van der Waals surface area contributed by atoms with E-state index in [2.05, 4.69) is 10.3 Å². The highest BCUT2D eigenvalue weighted by molar-refractivity contribution is 7.81. The van der Waals surface area contributed by atoms with Gasteiger partial charge in [0.05, 0.1) is 28.2 Å². The van der Waals surface area contributed by atoms with E-state index < -0.39 is 17.2 Å². The molecule has 2 aromatic carbocycles. The molecule has 0 aliphatic rings. The summed E-state index contributed by atoms with van der Waals surface area (Å²) < 4.78 is 25.2. The molecule has 1 heterocycles. The summed E-state index contributed by atoms with van der Waals surface area (Å²) in [4.78, 5) is 26.7. The zero-order valence-corrected chi connectivity index (χ0v) is 18.5. The van der Waals surface area contributed by atoms with E-state index in [1.165, 1.54) is 6.92 Å². The van der Waals surface area contributed by atoms with Gasteiger partial charge in [-0.15, -0.1) is 0 Å². The fraction of sp³-hybridized carbons (Fsp3) is 0.190. The Morgan fingerprint density at radius 3 is 2.42 bits per heavy atom. The van der Waals surface area contributed by atoms with Crippen LogP contribution in [0.4, 0.5) is 15.8 Å². The van der Waals surface area contributed by atoms with Crippen LogP contribution < -0.4 is 9.62 Å². The predicted molar refractivity (Wildman–Crippen MR) is 119 cm³/mol. The molecular formula is C21H20N3O5S2-. The first-order valence-corrected chi connectivity index (χ1v) is 11.1. The molecule has 0 saturated heterocycles. The van der Waals surface area contributed by atoms with E-state index in [9.17, 15) is 18.4 Å². The van der Waals surface area contributed by atoms with Crippen molar-refractivity contribution in [1.29, 1.82) is 0 Å². The summed E-state index contributed by atoms with van der Waals surface area (Å²) in [5, 5.41) is 12.4. The maximum Gasteiger partial charge on any atom is 0.335 e. The Morgan fingerprint density at radius 1 is 1.16 bits per heavy atom. The standard InChI is InChI=1S/C21H21N3O5S2/c1-13-19(30-21(22-13)23-14(2)25)24(31(28)29)18-8-4-6-16(12-18)10-9-15-5-3-7-17(11-15)20(26)27/h3-8,11-12H,9-10H2,1-2H3,(H,26,27)(H,28,29)(H,22,23,25)/p-1. The maximum absolute atomic E-state index is 12.0. The number of aromatic carboxylic acids is 1. The minimum atomic E-state index is -2.60. The lowest BCUT2D eigenvalue weighted by molar-refractivity contribution is -0.114. The summed E-state index contributed by atoms with van der Waals surface area (Å²) in [6, 6.07) is 13.9. The molecule has 1 unspecified atom stereocenters. The molecular weight excluding hydrogens is 438 g/mol. The lowest BCUT2D eigenvalue weighted by Crippen LogP contribution is -2.19. The van der Waals surface area contributed by atoms with Crippen LogP contribution >= 0.6 is 11.3 Å². The number of rotatable bonds is 8. The molecule has 1 amide bonds. The van der Waals surface area contributed by atoms with Crippen molar-refractivity contribution in [3.8, 4) is 0 Å². The molecule has 0 fully saturated rings. The van der Waals surface area contributed by atoms with Gasteiger partial charge < -0.3 is 15.0 Å². The van der Waals surface area contributed by atoms with Crippen LogP contribution in [0.3, 0.4) is 0 Å². The number of carbonyl (C=O) groups is 2. The van der Waals surface area contributed by atoms with Gasteiger partial charge in [-0.25, -0.2) is 9.78 Å². The number of nitrogens with one attached hydrogen (secondary N) is 1. The fourth-order valence-electron chi connectivity index (χ4n) is 3.04. The Labute approximate surface area is 186 Å². The quantitative estimate of drug-likeness (QED) is 0.495. The van der Waals surface area contributed by atoms with Crippen molar-refractivity contribution >= 4 is 50.3 Å². The van der Waals surface area contributed by atoms with Gasteiger partial charge in [0, 0.05) is 6.92 Å². The summed E-state index contributed by atoms with van der Waals surface area (Å²) >= 11 is -1.52. The van der Waals surface area contributed by atoms with Gasteiger partial charge >= 0.3 is 5.97 Å². The van der Waals surface area contributed by atoms with Gasteiger partial charge in [0.2, 0.25) is 5.91 Å². The van der Waals surface area contributed by atoms with Crippen LogP contribution in [-0.4, -0.2) is 30.7 Å². The monoisotopic (exact) mass is 458 g/mol. The number of carboxylic acids is 1. The van der Waals surface area contributed by atoms with Gasteiger partial charge in [0.25, 0.3) is 0 Å². The molecule has 3 aromatic rings. The normalized spacial score (nSPS) is 11.7. The van der Waals surface area contributed by atoms with Crippen LogP contribution in [0.5, 0.6) is 0 Å². The molecule has 0 aliphatic heterocycles. The van der Waals surface area contributed by atoms with Crippen molar-refractivity contribution in [2.75, 3.05) is 9.62 Å². The molecule has 0 aliphatic carbocycles. The average Bonchev–Trinajstić information content (AvgIpc) is 3.05. The second-order valence-electron chi connectivity index (χ2n) is 6.78. The van der Waals surface area contributed by atoms with Crippen LogP contribution in [0.15, 0.2) is 48.5 Å². The third-order valence-corrected chi connectivity index (χ3v) is 6.28. The van der Waals surface area contributed by atoms with E-state index in [4.69, 9.17) is 5.11 Å². The molecule has 0 spiro atoms. The fourth-order valence-corrected chi connectivity index (χ4v) is 4.83. The van der Waals surface area contributed by atoms with Gasteiger partial charge in [-0.1, -0.05) is 35.6 Å². The van der Waals surface area contributed by atoms with E-state index in [1.54, 1.807) is 43.3 Å². The molecule has 0 radical (unpaired) electrons. The summed E-state index contributed by atoms with van der Waals surface area (Å²) in [7, 11) is 0. The van der Waals surface area contributed by atoms with Crippen molar-refractivity contribution in [2.45, 2.75) is 26.7 Å². The largest absolute Gasteiger partial charge is 0.755 e. The Balaban J connectivity index is 1.84. The van der Waals surface area contributed by atoms with Crippen LogP contribution in [0.2, 0.25) is 0 Å². The van der Waals surface area contributed by atoms with Gasteiger partial charge in [0.15, 0.2) is 5.13 Å². The number of amides is 1. The third-order valence-electron chi connectivity index (χ3n) is 4.41. The first-order valence-electron chi connectivity index (χ1n) is 9.30. The number of benzene rings is 2. The van der Waals surface area contributed by atoms with Crippen molar-refractivity contribution < 1.29 is 23.5 Å². The summed E-state index contributed by atoms with van der Waals surface area (Å²) in [5.41, 5.74) is 2.95. The molecule has 3 rings (SSSR count). The third kappa shape index (κ3) is 5.75. The predicted octanol–water partition coefficient (Wildman–Crippen LogP) is 3.83. The summed E-state index contributed by atoms with van der Waals surface area (Å²) in [6.45, 7) is 3.03. The molecule has 162 valence electrons. The van der Waals surface area contributed by atoms with E-state index in [0.29, 0.717) is 34.4 Å². The minimum Gasteiger partial charge on any atom is -0.755 e. The number of carboxylic acid groups (broad SMARTS) is 1. The highest BCUT2D eigenvalue weighted by atomic mass is 32.2. The molecule has 2 N–H and O–H groups in total. The van der Waals surface area contributed by atoms with Gasteiger partial charge in [-0.05, 0) is 55.2 Å². The number of carbonyl (C=O) groups excluding carboxylic acids is 1. The number of aromatic nitrogens is 1. The van der Waals surface area contributed by atoms with E-state index in [-0.39, 0.29) is 11.5 Å². The zero-order chi connectivity index (χ0) is 22.5. The molecule has 0 saturated carbocycles. The number of nitrogens with zero attached hydrogens (tertiary/aromatic N) is 2. The molecule has 8 nitrogen and oxygen atoms in total. The van der Waals surface area contributed by atoms with Crippen molar-refractivity contribution in [1.82, 2.24) is 4.98 Å². The first-order chi connectivity index (χ1) is 14.7. The number of anilines is 3. The van der Waals surface area contributed by atoms with Crippen LogP contribution in [0.1, 0.15) is 34.1 Å². The molecule has 10 heteroatoms. The van der Waals surface area contributed by atoms with Crippen molar-refractivity contribution in [2.24, 2.45) is 0 Å². The number of hydrogen-bond donors (Lipinski definition) is 2. The Kier molecular flexibility index (Phi) is 7.16. The van der Waals surface area contributed by atoms with Gasteiger partial charge in [0.1, 0.15) is 5.00 Å². The lowest BCUT2D eigenvalue weighted by Gasteiger charge is -2.25. The number of aryl methyl sites for hydroxylation is 3. The zero-order valence-electron chi connectivity index (χ0n) is 16.8. The van der Waals surface area contributed by atoms with Crippen LogP contribution in [0, 0.1) is 6.92 Å². The van der Waals surface area contributed by atoms with Gasteiger partial charge in [-0.3, -0.25) is 13.3 Å².